The van der Waals surface area contributed by atoms with Crippen molar-refractivity contribution in [1.29, 1.82) is 0 Å². The lowest BCUT2D eigenvalue weighted by molar-refractivity contribution is -0.153. The Kier molecular flexibility index (Phi) is 13.1. The number of ether oxygens (including phenoxy) is 4. The van der Waals surface area contributed by atoms with Crippen molar-refractivity contribution in [2.45, 2.75) is 82.7 Å². The molecule has 336 valence electrons. The fraction of sp³-hybridized carbons (Fsp3) is 0.444. The number of likely N-dealkylation sites (tertiary alicyclic amines) is 2. The Morgan fingerprint density at radius 2 is 1.50 bits per heavy atom. The molecule has 2 N–H and O–H groups in total. The SMILES string of the molecule is CCOc1cc(C2CC(=O)N(C(C(=O)Nc3nnc(-c4ccncc4)s3)C(C)(C(=O)Nc3nc(C(C)C)ns3)N3CC(c4ccc(OC)c(OCC5CC5)c4)CC3=O)C2)ccc1OC. The second-order valence-electron chi connectivity index (χ2n) is 16.6. The maximum Gasteiger partial charge on any atom is 0.254 e. The summed E-state index contributed by atoms with van der Waals surface area (Å²) in [5.74, 6) is 0.144. The number of rotatable bonds is 18. The van der Waals surface area contributed by atoms with Gasteiger partial charge in [-0.25, -0.2) is 4.98 Å². The highest BCUT2D eigenvalue weighted by Gasteiger charge is 2.59. The van der Waals surface area contributed by atoms with Gasteiger partial charge in [0.1, 0.15) is 22.4 Å². The normalized spacial score (nSPS) is 18.8. The average molecular weight is 910 g/mol. The Balaban J connectivity index is 1.20. The third-order valence-corrected chi connectivity index (χ3v) is 13.5. The number of aromatic nitrogens is 5. The monoisotopic (exact) mass is 909 g/mol. The van der Waals surface area contributed by atoms with E-state index in [-0.39, 0.29) is 53.9 Å². The summed E-state index contributed by atoms with van der Waals surface area (Å²) in [5.41, 5.74) is 0.305. The van der Waals surface area contributed by atoms with Crippen LogP contribution in [0, 0.1) is 5.92 Å². The highest BCUT2D eigenvalue weighted by Crippen LogP contribution is 2.43. The minimum absolute atomic E-state index is 0.0184. The molecule has 3 aromatic heterocycles. The molecule has 3 aliphatic rings. The van der Waals surface area contributed by atoms with Crippen LogP contribution < -0.4 is 29.6 Å². The van der Waals surface area contributed by atoms with Crippen LogP contribution in [-0.2, 0) is 19.2 Å². The quantitative estimate of drug-likeness (QED) is 0.0965. The molecule has 4 atom stereocenters. The van der Waals surface area contributed by atoms with Crippen molar-refractivity contribution in [3.05, 3.63) is 77.9 Å². The molecule has 19 heteroatoms. The number of carbonyl (C=O) groups is 4. The lowest BCUT2D eigenvalue weighted by Gasteiger charge is -2.45. The Bertz CT molecular complexity index is 2510. The van der Waals surface area contributed by atoms with Gasteiger partial charge in [-0.15, -0.1) is 10.2 Å². The fourth-order valence-electron chi connectivity index (χ4n) is 8.25. The van der Waals surface area contributed by atoms with E-state index in [1.807, 2.05) is 51.1 Å². The number of methoxy groups -OCH3 is 2. The van der Waals surface area contributed by atoms with Gasteiger partial charge in [-0.3, -0.25) is 34.8 Å². The number of hydrogen-bond acceptors (Lipinski definition) is 15. The molecule has 4 unspecified atom stereocenters. The minimum Gasteiger partial charge on any atom is -0.493 e. The van der Waals surface area contributed by atoms with E-state index in [1.54, 1.807) is 51.7 Å². The maximum absolute atomic E-state index is 15.3. The first kappa shape index (κ1) is 44.4. The van der Waals surface area contributed by atoms with Crippen LogP contribution in [0.5, 0.6) is 23.0 Å². The molecule has 17 nitrogen and oxygen atoms in total. The van der Waals surface area contributed by atoms with Crippen molar-refractivity contribution in [3.8, 4) is 33.6 Å². The molecule has 1 aliphatic carbocycles. The van der Waals surface area contributed by atoms with Crippen molar-refractivity contribution < 1.29 is 38.1 Å². The highest BCUT2D eigenvalue weighted by molar-refractivity contribution is 7.18. The molecule has 3 fully saturated rings. The van der Waals surface area contributed by atoms with Crippen molar-refractivity contribution in [2.75, 3.05) is 51.2 Å². The predicted molar refractivity (Wildman–Crippen MR) is 240 cm³/mol. The van der Waals surface area contributed by atoms with Gasteiger partial charge in [0.2, 0.25) is 22.1 Å². The van der Waals surface area contributed by atoms with Crippen molar-refractivity contribution in [1.82, 2.24) is 34.3 Å². The van der Waals surface area contributed by atoms with E-state index in [0.29, 0.717) is 53.0 Å². The Labute approximate surface area is 379 Å². The van der Waals surface area contributed by atoms with E-state index in [2.05, 4.69) is 35.2 Å². The fourth-order valence-corrected chi connectivity index (χ4v) is 9.71. The topological polar surface area (TPSA) is 200 Å². The largest absolute Gasteiger partial charge is 0.493 e. The second-order valence-corrected chi connectivity index (χ2v) is 18.3. The van der Waals surface area contributed by atoms with Gasteiger partial charge in [-0.1, -0.05) is 37.3 Å². The van der Waals surface area contributed by atoms with Crippen molar-refractivity contribution in [2.24, 2.45) is 5.92 Å². The van der Waals surface area contributed by atoms with Gasteiger partial charge in [-0.2, -0.15) is 4.37 Å². The molecule has 8 rings (SSSR count). The first-order valence-electron chi connectivity index (χ1n) is 21.3. The van der Waals surface area contributed by atoms with Crippen LogP contribution in [0.25, 0.3) is 10.6 Å². The van der Waals surface area contributed by atoms with Crippen LogP contribution in [0.3, 0.4) is 0 Å². The summed E-state index contributed by atoms with van der Waals surface area (Å²) < 4.78 is 27.6. The van der Waals surface area contributed by atoms with E-state index in [1.165, 1.54) is 9.80 Å². The molecule has 2 aliphatic heterocycles. The zero-order chi connectivity index (χ0) is 45.1. The van der Waals surface area contributed by atoms with Crippen molar-refractivity contribution in [3.63, 3.8) is 0 Å². The van der Waals surface area contributed by atoms with Crippen LogP contribution in [-0.4, -0.2) is 110 Å². The Hall–Kier alpha value is -6.21. The number of hydrogen-bond donors (Lipinski definition) is 2. The van der Waals surface area contributed by atoms with Crippen LogP contribution >= 0.6 is 22.9 Å². The predicted octanol–water partition coefficient (Wildman–Crippen LogP) is 6.52. The molecular weight excluding hydrogens is 859 g/mol. The Morgan fingerprint density at radius 3 is 2.12 bits per heavy atom. The van der Waals surface area contributed by atoms with Crippen LogP contribution in [0.15, 0.2) is 60.9 Å². The molecule has 1 saturated carbocycles. The highest BCUT2D eigenvalue weighted by atomic mass is 32.1. The van der Waals surface area contributed by atoms with E-state index < -0.39 is 35.2 Å². The average Bonchev–Trinajstić information content (AvgIpc) is 3.60. The molecule has 4 amide bonds. The zero-order valence-corrected chi connectivity index (χ0v) is 38.2. The third kappa shape index (κ3) is 9.22. The van der Waals surface area contributed by atoms with Gasteiger partial charge in [0, 0.05) is 73.2 Å². The van der Waals surface area contributed by atoms with E-state index in [4.69, 9.17) is 18.9 Å². The number of carbonyl (C=O) groups excluding carboxylic acids is 4. The number of amides is 4. The maximum atomic E-state index is 15.3. The van der Waals surface area contributed by atoms with Crippen LogP contribution in [0.2, 0.25) is 0 Å². The number of benzene rings is 2. The summed E-state index contributed by atoms with van der Waals surface area (Å²) in [5, 5.41) is 15.2. The summed E-state index contributed by atoms with van der Waals surface area (Å²) in [7, 11) is 3.13. The van der Waals surface area contributed by atoms with Gasteiger partial charge < -0.3 is 28.7 Å². The van der Waals surface area contributed by atoms with Gasteiger partial charge in [0.15, 0.2) is 23.0 Å². The summed E-state index contributed by atoms with van der Waals surface area (Å²) in [6.07, 6.45) is 5.51. The number of nitrogens with one attached hydrogen (secondary N) is 2. The van der Waals surface area contributed by atoms with Crippen LogP contribution in [0.4, 0.5) is 10.3 Å². The Morgan fingerprint density at radius 1 is 0.844 bits per heavy atom. The number of pyridine rings is 1. The molecule has 2 saturated heterocycles. The van der Waals surface area contributed by atoms with Gasteiger partial charge in [0.25, 0.3) is 11.8 Å². The summed E-state index contributed by atoms with van der Waals surface area (Å²) >= 11 is 2.12. The third-order valence-electron chi connectivity index (χ3n) is 11.9. The molecule has 0 radical (unpaired) electrons. The lowest BCUT2D eigenvalue weighted by Crippen LogP contribution is -2.70. The smallest absolute Gasteiger partial charge is 0.254 e. The molecular formula is C45H51N9O8S2. The lowest BCUT2D eigenvalue weighted by atomic mass is 9.86. The molecule has 2 aromatic carbocycles. The van der Waals surface area contributed by atoms with E-state index in [0.717, 1.165) is 52.4 Å². The minimum atomic E-state index is -2.02. The summed E-state index contributed by atoms with van der Waals surface area (Å²) in [4.78, 5) is 71.2. The molecule has 64 heavy (non-hydrogen) atoms. The van der Waals surface area contributed by atoms with Gasteiger partial charge >= 0.3 is 0 Å². The van der Waals surface area contributed by atoms with Crippen LogP contribution in [0.1, 0.15) is 88.1 Å². The van der Waals surface area contributed by atoms with Crippen molar-refractivity contribution >= 4 is 56.8 Å². The first-order valence-corrected chi connectivity index (χ1v) is 22.9. The van der Waals surface area contributed by atoms with E-state index in [9.17, 15) is 9.59 Å². The zero-order valence-electron chi connectivity index (χ0n) is 36.5. The first-order chi connectivity index (χ1) is 30.9. The summed E-state index contributed by atoms with van der Waals surface area (Å²) in [6.45, 7) is 8.31. The van der Waals surface area contributed by atoms with Gasteiger partial charge in [-0.05, 0) is 80.1 Å². The van der Waals surface area contributed by atoms with Gasteiger partial charge in [0.05, 0.1) is 27.4 Å². The number of nitrogens with zero attached hydrogens (tertiary/aromatic N) is 7. The molecule has 5 aromatic rings. The molecule has 0 spiro atoms. The molecule has 0 bridgehead atoms. The molecule has 5 heterocycles. The number of anilines is 2. The second kappa shape index (κ2) is 18.9. The standard InChI is InChI=1S/C45H51N9O8S2/c1-7-61-34-18-28(10-12-32(34)59-5)30-20-36(55)53(22-30)38(40(57)48-44-51-50-41(63-44)27-14-16-46-17-15-27)45(4,42(58)49-43-47-39(25(2)3)52-64-43)54-23-31(21-37(54)56)29-11-13-33(60-6)35(19-29)62-24-26-8-9-26/h10-19,25-26,30-31,38H,7-9,20-24H2,1-6H3,(H,48,51,57)(H,47,49,52,58). The summed E-state index contributed by atoms with van der Waals surface area (Å²) in [6, 6.07) is 13.0. The van der Waals surface area contributed by atoms with E-state index >= 15 is 9.59 Å².